The molecule has 47 heavy (non-hydrogen) atoms. The molecule has 3 atom stereocenters. The SMILES string of the molecule is CC(C)(C)OC(=O)N[C@@H]1CC(=O)N(c2ccc(S(=O)(=O)N3CCN(c4cc(C(F)(F)C5CCC(C(=O)O)C5)cc(Cl)n4)CC3)cc2)C1. The maximum absolute atomic E-state index is 15.5. The van der Waals surface area contributed by atoms with Gasteiger partial charge in [0.1, 0.15) is 16.6 Å². The molecule has 2 unspecified atom stereocenters. The second-order valence-electron chi connectivity index (χ2n) is 13.1. The Morgan fingerprint density at radius 2 is 1.72 bits per heavy atom. The number of carboxylic acids is 1. The van der Waals surface area contributed by atoms with E-state index in [2.05, 4.69) is 10.3 Å². The van der Waals surface area contributed by atoms with Gasteiger partial charge in [0.15, 0.2) is 0 Å². The first kappa shape index (κ1) is 34.8. The maximum Gasteiger partial charge on any atom is 0.407 e. The van der Waals surface area contributed by atoms with Crippen LogP contribution in [0.5, 0.6) is 0 Å². The fraction of sp³-hybridized carbons (Fsp3) is 0.548. The lowest BCUT2D eigenvalue weighted by Gasteiger charge is -2.35. The van der Waals surface area contributed by atoms with Crippen LogP contribution < -0.4 is 15.1 Å². The number of carboxylic acid groups (broad SMARTS) is 1. The average molecular weight is 698 g/mol. The molecule has 2 saturated heterocycles. The van der Waals surface area contributed by atoms with Gasteiger partial charge in [0.2, 0.25) is 15.9 Å². The lowest BCUT2D eigenvalue weighted by Crippen LogP contribution is -2.49. The van der Waals surface area contributed by atoms with Gasteiger partial charge in [-0.2, -0.15) is 4.31 Å². The van der Waals surface area contributed by atoms with Crippen LogP contribution in [0.3, 0.4) is 0 Å². The molecule has 12 nitrogen and oxygen atoms in total. The van der Waals surface area contributed by atoms with Crippen molar-refractivity contribution in [3.8, 4) is 0 Å². The summed E-state index contributed by atoms with van der Waals surface area (Å²) in [6.07, 6.45) is -0.407. The molecule has 0 spiro atoms. The third kappa shape index (κ3) is 7.78. The molecular formula is C31H38ClF2N5O7S. The molecule has 3 fully saturated rings. The maximum atomic E-state index is 15.5. The Hall–Kier alpha value is -3.56. The first-order valence-corrected chi connectivity index (χ1v) is 17.2. The first-order chi connectivity index (χ1) is 21.9. The van der Waals surface area contributed by atoms with Crippen molar-refractivity contribution in [3.05, 3.63) is 47.1 Å². The summed E-state index contributed by atoms with van der Waals surface area (Å²) < 4.78 is 64.4. The highest BCUT2D eigenvalue weighted by Crippen LogP contribution is 2.47. The van der Waals surface area contributed by atoms with Gasteiger partial charge in [0, 0.05) is 56.3 Å². The molecule has 2 aliphatic heterocycles. The second-order valence-corrected chi connectivity index (χ2v) is 15.5. The zero-order chi connectivity index (χ0) is 34.3. The van der Waals surface area contributed by atoms with Gasteiger partial charge in [-0.05, 0) is 76.4 Å². The molecule has 1 saturated carbocycles. The number of amides is 2. The normalized spacial score (nSPS) is 22.9. The number of ether oxygens (including phenoxy) is 1. The highest BCUT2D eigenvalue weighted by molar-refractivity contribution is 7.89. The Labute approximate surface area is 277 Å². The molecule has 1 aromatic heterocycles. The summed E-state index contributed by atoms with van der Waals surface area (Å²) in [4.78, 5) is 43.5. The smallest absolute Gasteiger partial charge is 0.407 e. The third-order valence-corrected chi connectivity index (χ3v) is 10.8. The number of nitrogens with zero attached hydrogens (tertiary/aromatic N) is 4. The fourth-order valence-corrected chi connectivity index (χ4v) is 7.87. The van der Waals surface area contributed by atoms with Crippen LogP contribution in [-0.4, -0.2) is 85.1 Å². The van der Waals surface area contributed by atoms with Crippen molar-refractivity contribution in [2.24, 2.45) is 11.8 Å². The molecule has 0 bridgehead atoms. The number of alkyl carbamates (subject to hydrolysis) is 1. The van der Waals surface area contributed by atoms with Gasteiger partial charge in [0.25, 0.3) is 5.92 Å². The molecular weight excluding hydrogens is 660 g/mol. The van der Waals surface area contributed by atoms with Crippen LogP contribution in [0.4, 0.5) is 25.1 Å². The highest BCUT2D eigenvalue weighted by Gasteiger charge is 2.47. The average Bonchev–Trinajstić information content (AvgIpc) is 3.64. The Morgan fingerprint density at radius 3 is 2.32 bits per heavy atom. The van der Waals surface area contributed by atoms with E-state index in [9.17, 15) is 27.9 Å². The molecule has 1 aromatic carbocycles. The summed E-state index contributed by atoms with van der Waals surface area (Å²) in [7, 11) is -3.91. The Balaban J connectivity index is 1.20. The molecule has 16 heteroatoms. The number of carbonyl (C=O) groups excluding carboxylic acids is 2. The molecule has 1 aliphatic carbocycles. The minimum atomic E-state index is -3.91. The minimum Gasteiger partial charge on any atom is -0.481 e. The minimum absolute atomic E-state index is 0.0313. The van der Waals surface area contributed by atoms with E-state index in [0.29, 0.717) is 5.69 Å². The van der Waals surface area contributed by atoms with E-state index in [1.54, 1.807) is 25.7 Å². The lowest BCUT2D eigenvalue weighted by molar-refractivity contribution is -0.142. The molecule has 2 aromatic rings. The second kappa shape index (κ2) is 13.2. The molecule has 2 N–H and O–H groups in total. The zero-order valence-electron chi connectivity index (χ0n) is 26.3. The zero-order valence-corrected chi connectivity index (χ0v) is 27.9. The van der Waals surface area contributed by atoms with E-state index in [1.807, 2.05) is 0 Å². The molecule has 5 rings (SSSR count). The largest absolute Gasteiger partial charge is 0.481 e. The van der Waals surface area contributed by atoms with Gasteiger partial charge in [-0.1, -0.05) is 11.6 Å². The number of alkyl halides is 2. The number of aromatic nitrogens is 1. The number of pyridine rings is 1. The van der Waals surface area contributed by atoms with E-state index in [-0.39, 0.29) is 85.7 Å². The number of hydrogen-bond acceptors (Lipinski definition) is 8. The van der Waals surface area contributed by atoms with Gasteiger partial charge < -0.3 is 25.0 Å². The van der Waals surface area contributed by atoms with Crippen LogP contribution in [0.2, 0.25) is 5.15 Å². The quantitative estimate of drug-likeness (QED) is 0.381. The Bertz CT molecular complexity index is 1630. The van der Waals surface area contributed by atoms with Crippen molar-refractivity contribution >= 4 is 51.1 Å². The first-order valence-electron chi connectivity index (χ1n) is 15.4. The lowest BCUT2D eigenvalue weighted by atomic mass is 9.92. The van der Waals surface area contributed by atoms with Crippen molar-refractivity contribution in [2.45, 2.75) is 68.9 Å². The number of rotatable bonds is 8. The van der Waals surface area contributed by atoms with Crippen molar-refractivity contribution < 1.29 is 41.4 Å². The number of anilines is 2. The number of aliphatic carboxylic acids is 1. The molecule has 3 aliphatic rings. The van der Waals surface area contributed by atoms with Crippen LogP contribution in [0.1, 0.15) is 52.0 Å². The standard InChI is InChI=1S/C31H38ClF2N5O7S/c1-30(2,3)46-29(43)35-22-17-27(40)39(18-22)23-6-8-24(9-7-23)47(44,45)38-12-10-37(11-13-38)26-16-21(15-25(32)36-26)31(33,34)20-5-4-19(14-20)28(41)42/h6-9,15-16,19-20,22H,4-5,10-14,17-18H2,1-3H3,(H,35,43)(H,41,42)/t19?,20?,22-/m1/s1. The summed E-state index contributed by atoms with van der Waals surface area (Å²) in [5.74, 6) is -6.36. The van der Waals surface area contributed by atoms with Gasteiger partial charge in [-0.25, -0.2) is 27.0 Å². The number of nitrogens with one attached hydrogen (secondary N) is 1. The van der Waals surface area contributed by atoms with Gasteiger partial charge in [0.05, 0.1) is 16.9 Å². The predicted octanol–water partition coefficient (Wildman–Crippen LogP) is 4.47. The van der Waals surface area contributed by atoms with Crippen LogP contribution >= 0.6 is 11.6 Å². The van der Waals surface area contributed by atoms with Crippen LogP contribution in [0.15, 0.2) is 41.3 Å². The van der Waals surface area contributed by atoms with E-state index in [4.69, 9.17) is 16.3 Å². The van der Waals surface area contributed by atoms with Crippen LogP contribution in [-0.2, 0) is 30.3 Å². The van der Waals surface area contributed by atoms with E-state index in [1.165, 1.54) is 39.5 Å². The molecule has 0 radical (unpaired) electrons. The van der Waals surface area contributed by atoms with Crippen molar-refractivity contribution in [1.29, 1.82) is 0 Å². The Kier molecular flexibility index (Phi) is 9.73. The van der Waals surface area contributed by atoms with Crippen LogP contribution in [0.25, 0.3) is 0 Å². The predicted molar refractivity (Wildman–Crippen MR) is 169 cm³/mol. The summed E-state index contributed by atoms with van der Waals surface area (Å²) in [6.45, 7) is 5.91. The number of benzene rings is 1. The number of hydrogen-bond donors (Lipinski definition) is 2. The third-order valence-electron chi connectivity index (χ3n) is 8.65. The van der Waals surface area contributed by atoms with Crippen LogP contribution in [0, 0.1) is 11.8 Å². The number of sulfonamides is 1. The Morgan fingerprint density at radius 1 is 1.06 bits per heavy atom. The summed E-state index contributed by atoms with van der Waals surface area (Å²) >= 11 is 6.14. The van der Waals surface area contributed by atoms with Gasteiger partial charge >= 0.3 is 12.1 Å². The van der Waals surface area contributed by atoms with E-state index in [0.717, 1.165) is 6.07 Å². The van der Waals surface area contributed by atoms with E-state index >= 15 is 8.78 Å². The summed E-state index contributed by atoms with van der Waals surface area (Å²) in [5.41, 5.74) is -0.538. The molecule has 256 valence electrons. The van der Waals surface area contributed by atoms with Crippen molar-refractivity contribution in [2.75, 3.05) is 42.5 Å². The van der Waals surface area contributed by atoms with Crippen molar-refractivity contribution in [3.63, 3.8) is 0 Å². The highest BCUT2D eigenvalue weighted by atomic mass is 35.5. The molecule has 3 heterocycles. The summed E-state index contributed by atoms with van der Waals surface area (Å²) in [5, 5.41) is 11.8. The van der Waals surface area contributed by atoms with E-state index < -0.39 is 51.5 Å². The number of halogens is 3. The topological polar surface area (TPSA) is 149 Å². The fourth-order valence-electron chi connectivity index (χ4n) is 6.24. The number of piperazine rings is 1. The molecule has 2 amide bonds. The van der Waals surface area contributed by atoms with Gasteiger partial charge in [-0.15, -0.1) is 0 Å². The number of carbonyl (C=O) groups is 3. The van der Waals surface area contributed by atoms with Crippen molar-refractivity contribution in [1.82, 2.24) is 14.6 Å². The van der Waals surface area contributed by atoms with Gasteiger partial charge in [-0.3, -0.25) is 9.59 Å². The summed E-state index contributed by atoms with van der Waals surface area (Å²) in [6, 6.07) is 7.80. The monoisotopic (exact) mass is 697 g/mol.